The third-order valence-corrected chi connectivity index (χ3v) is 8.52. The molecule has 0 heterocycles. The van der Waals surface area contributed by atoms with Crippen molar-refractivity contribution in [3.63, 3.8) is 0 Å². The first kappa shape index (κ1) is 25.0. The molecule has 0 radical (unpaired) electrons. The van der Waals surface area contributed by atoms with E-state index >= 15 is 0 Å². The number of unbranched alkanes of at least 4 members (excludes halogenated alkanes) is 2. The summed E-state index contributed by atoms with van der Waals surface area (Å²) in [7, 11) is 0. The highest BCUT2D eigenvalue weighted by atomic mass is 15.0. The Kier molecular flexibility index (Phi) is 8.56. The van der Waals surface area contributed by atoms with Crippen LogP contribution in [0, 0.1) is 11.8 Å². The zero-order valence-electron chi connectivity index (χ0n) is 21.5. The van der Waals surface area contributed by atoms with Gasteiger partial charge in [0.25, 0.3) is 0 Å². The van der Waals surface area contributed by atoms with Gasteiger partial charge in [-0.25, -0.2) is 0 Å². The van der Waals surface area contributed by atoms with E-state index in [-0.39, 0.29) is 0 Å². The van der Waals surface area contributed by atoms with Crippen molar-refractivity contribution in [1.82, 2.24) is 21.3 Å². The highest BCUT2D eigenvalue weighted by Crippen LogP contribution is 2.46. The minimum atomic E-state index is 0.293. The molecule has 0 aliphatic heterocycles. The summed E-state index contributed by atoms with van der Waals surface area (Å²) in [6.45, 7) is 7.01. The normalized spacial score (nSPS) is 23.2. The third-order valence-electron chi connectivity index (χ3n) is 8.52. The Hall–Kier alpha value is -1.72. The molecule has 3 fully saturated rings. The Labute approximate surface area is 213 Å². The average Bonchev–Trinajstić information content (AvgIpc) is 3.79. The first-order valence-corrected chi connectivity index (χ1v) is 14.3. The summed E-state index contributed by atoms with van der Waals surface area (Å²) in [5.41, 5.74) is 3.53. The predicted octanol–water partition coefficient (Wildman–Crippen LogP) is 4.92. The second-order valence-electron chi connectivity index (χ2n) is 11.3. The summed E-state index contributed by atoms with van der Waals surface area (Å²) < 4.78 is 0. The lowest BCUT2D eigenvalue weighted by Gasteiger charge is -2.18. The second kappa shape index (κ2) is 12.0. The fourth-order valence-electron chi connectivity index (χ4n) is 5.69. The zero-order chi connectivity index (χ0) is 23.8. The van der Waals surface area contributed by atoms with Crippen LogP contribution in [0.3, 0.4) is 0 Å². The van der Waals surface area contributed by atoms with Gasteiger partial charge in [-0.15, -0.1) is 0 Å². The van der Waals surface area contributed by atoms with Crippen LogP contribution in [0.4, 0.5) is 0 Å². The molecule has 0 amide bonds. The maximum atomic E-state index is 3.82. The highest BCUT2D eigenvalue weighted by Gasteiger charge is 2.44. The van der Waals surface area contributed by atoms with Gasteiger partial charge in [0.1, 0.15) is 0 Å². The molecule has 35 heavy (non-hydrogen) atoms. The molecule has 2 aromatic carbocycles. The fourth-order valence-corrected chi connectivity index (χ4v) is 5.69. The maximum absolute atomic E-state index is 3.82. The largest absolute Gasteiger partial charge is 0.316 e. The van der Waals surface area contributed by atoms with E-state index in [9.17, 15) is 0 Å². The van der Waals surface area contributed by atoms with Crippen molar-refractivity contribution >= 4 is 0 Å². The fraction of sp³-hybridized carbons (Fsp3) is 0.613. The van der Waals surface area contributed by atoms with Crippen molar-refractivity contribution in [2.24, 2.45) is 11.8 Å². The van der Waals surface area contributed by atoms with Crippen LogP contribution in [-0.2, 0) is 11.1 Å². The van der Waals surface area contributed by atoms with Gasteiger partial charge in [-0.1, -0.05) is 60.7 Å². The number of nitrogens with one attached hydrogen (secondary N) is 4. The third kappa shape index (κ3) is 7.16. The Morgan fingerprint density at radius 3 is 1.34 bits per heavy atom. The highest BCUT2D eigenvalue weighted by molar-refractivity contribution is 5.30. The van der Waals surface area contributed by atoms with E-state index in [0.717, 1.165) is 38.0 Å². The standard InChI is InChI=1S/C31H46N4/c1-3-11-28(12-4-1)30(15-16-30)34-21-9-7-19-32-24-26-23-27(26)25-33-20-8-10-22-35-31(17-18-31)29-13-5-2-6-14-29/h1-6,11-14,26-27,32-35H,7-10,15-25H2. The van der Waals surface area contributed by atoms with Crippen molar-refractivity contribution in [1.29, 1.82) is 0 Å². The number of rotatable bonds is 18. The zero-order valence-corrected chi connectivity index (χ0v) is 21.5. The van der Waals surface area contributed by atoms with Crippen molar-refractivity contribution < 1.29 is 0 Å². The minimum Gasteiger partial charge on any atom is -0.316 e. The van der Waals surface area contributed by atoms with E-state index in [2.05, 4.69) is 81.9 Å². The van der Waals surface area contributed by atoms with E-state index < -0.39 is 0 Å². The van der Waals surface area contributed by atoms with E-state index in [1.807, 2.05) is 0 Å². The second-order valence-corrected chi connectivity index (χ2v) is 11.3. The van der Waals surface area contributed by atoms with Gasteiger partial charge < -0.3 is 21.3 Å². The van der Waals surface area contributed by atoms with Gasteiger partial charge in [0.15, 0.2) is 0 Å². The molecule has 2 aromatic rings. The molecule has 2 unspecified atom stereocenters. The van der Waals surface area contributed by atoms with Gasteiger partial charge in [0.2, 0.25) is 0 Å². The van der Waals surface area contributed by atoms with E-state index in [4.69, 9.17) is 0 Å². The van der Waals surface area contributed by atoms with Crippen molar-refractivity contribution in [3.05, 3.63) is 71.8 Å². The number of hydrogen-bond acceptors (Lipinski definition) is 4. The molecular weight excluding hydrogens is 428 g/mol. The maximum Gasteiger partial charge on any atom is 0.0436 e. The molecule has 0 bridgehead atoms. The average molecular weight is 475 g/mol. The Morgan fingerprint density at radius 2 is 0.943 bits per heavy atom. The molecule has 4 N–H and O–H groups in total. The van der Waals surface area contributed by atoms with Gasteiger partial charge in [-0.05, 0) is 120 Å². The van der Waals surface area contributed by atoms with Crippen LogP contribution in [0.1, 0.15) is 68.9 Å². The van der Waals surface area contributed by atoms with Crippen molar-refractivity contribution in [2.45, 2.75) is 68.9 Å². The molecule has 3 aliphatic carbocycles. The monoisotopic (exact) mass is 474 g/mol. The first-order chi connectivity index (χ1) is 17.3. The summed E-state index contributed by atoms with van der Waals surface area (Å²) in [4.78, 5) is 0. The molecule has 2 atom stereocenters. The smallest absolute Gasteiger partial charge is 0.0436 e. The topological polar surface area (TPSA) is 48.1 Å². The number of hydrogen-bond donors (Lipinski definition) is 4. The van der Waals surface area contributed by atoms with E-state index in [0.29, 0.717) is 11.1 Å². The van der Waals surface area contributed by atoms with Crippen LogP contribution in [0.15, 0.2) is 60.7 Å². The lowest BCUT2D eigenvalue weighted by Crippen LogP contribution is -2.30. The van der Waals surface area contributed by atoms with Crippen LogP contribution < -0.4 is 21.3 Å². The minimum absolute atomic E-state index is 0.293. The molecule has 190 valence electrons. The van der Waals surface area contributed by atoms with Crippen LogP contribution in [0.5, 0.6) is 0 Å². The first-order valence-electron chi connectivity index (χ1n) is 14.3. The van der Waals surface area contributed by atoms with Crippen LogP contribution in [0.2, 0.25) is 0 Å². The summed E-state index contributed by atoms with van der Waals surface area (Å²) in [5.74, 6) is 1.80. The molecule has 4 heteroatoms. The quantitative estimate of drug-likeness (QED) is 0.232. The lowest BCUT2D eigenvalue weighted by molar-refractivity contribution is 0.484. The molecule has 0 aromatic heterocycles. The summed E-state index contributed by atoms with van der Waals surface area (Å²) in [6, 6.07) is 22.0. The molecule has 4 nitrogen and oxygen atoms in total. The lowest BCUT2D eigenvalue weighted by atomic mass is 10.0. The molecule has 0 saturated heterocycles. The van der Waals surface area contributed by atoms with Gasteiger partial charge in [0, 0.05) is 11.1 Å². The van der Waals surface area contributed by atoms with Crippen LogP contribution >= 0.6 is 0 Å². The Morgan fingerprint density at radius 1 is 0.543 bits per heavy atom. The summed E-state index contributed by atoms with van der Waals surface area (Å²) in [6.07, 6.45) is 11.6. The van der Waals surface area contributed by atoms with Gasteiger partial charge >= 0.3 is 0 Å². The van der Waals surface area contributed by atoms with Gasteiger partial charge in [-0.3, -0.25) is 0 Å². The molecular formula is C31H46N4. The Balaban J connectivity index is 0.816. The van der Waals surface area contributed by atoms with Crippen molar-refractivity contribution in [2.75, 3.05) is 39.3 Å². The van der Waals surface area contributed by atoms with Crippen molar-refractivity contribution in [3.8, 4) is 0 Å². The SMILES string of the molecule is c1ccc(C2(NCCCCNCC3CC3CNCCCCNC3(c4ccccc4)CC3)CC2)cc1. The molecule has 3 aliphatic rings. The molecule has 0 spiro atoms. The van der Waals surface area contributed by atoms with Gasteiger partial charge in [0.05, 0.1) is 0 Å². The summed E-state index contributed by atoms with van der Waals surface area (Å²) in [5, 5.41) is 15.1. The van der Waals surface area contributed by atoms with Crippen LogP contribution in [-0.4, -0.2) is 39.3 Å². The summed E-state index contributed by atoms with van der Waals surface area (Å²) >= 11 is 0. The number of benzene rings is 2. The van der Waals surface area contributed by atoms with Gasteiger partial charge in [-0.2, -0.15) is 0 Å². The predicted molar refractivity (Wildman–Crippen MR) is 147 cm³/mol. The van der Waals surface area contributed by atoms with E-state index in [1.165, 1.54) is 82.0 Å². The van der Waals surface area contributed by atoms with Crippen LogP contribution in [0.25, 0.3) is 0 Å². The Bertz CT molecular complexity index is 802. The van der Waals surface area contributed by atoms with E-state index in [1.54, 1.807) is 0 Å². The molecule has 3 saturated carbocycles. The molecule has 5 rings (SSSR count).